The normalized spacial score (nSPS) is 15.9. The molecule has 0 bridgehead atoms. The molecule has 0 saturated heterocycles. The lowest BCUT2D eigenvalue weighted by atomic mass is 9.93. The van der Waals surface area contributed by atoms with Crippen LogP contribution in [0.2, 0.25) is 0 Å². The minimum atomic E-state index is -0.788. The molecule has 1 atom stereocenters. The van der Waals surface area contributed by atoms with Crippen LogP contribution in [0, 0.1) is 18.6 Å². The summed E-state index contributed by atoms with van der Waals surface area (Å²) in [5.41, 5.74) is 4.86. The number of hydrogen-bond acceptors (Lipinski definition) is 4. The topological polar surface area (TPSA) is 71.3 Å². The van der Waals surface area contributed by atoms with Gasteiger partial charge in [0.1, 0.15) is 11.6 Å². The average molecular weight is 487 g/mol. The molecule has 1 aliphatic rings. The predicted octanol–water partition coefficient (Wildman–Crippen LogP) is 6.59. The van der Waals surface area contributed by atoms with Crippen molar-refractivity contribution in [3.8, 4) is 11.4 Å². The van der Waals surface area contributed by atoms with E-state index in [1.165, 1.54) is 4.90 Å². The fraction of sp³-hybridized carbons (Fsp3) is 0.179. The first-order chi connectivity index (χ1) is 17.3. The second kappa shape index (κ2) is 9.37. The van der Waals surface area contributed by atoms with Gasteiger partial charge in [-0.05, 0) is 43.5 Å². The average Bonchev–Trinajstić information content (AvgIpc) is 3.33. The number of aromatic nitrogens is 2. The first kappa shape index (κ1) is 23.4. The fourth-order valence-electron chi connectivity index (χ4n) is 4.35. The first-order valence-electron chi connectivity index (χ1n) is 11.6. The van der Waals surface area contributed by atoms with E-state index in [4.69, 9.17) is 4.52 Å². The summed E-state index contributed by atoms with van der Waals surface area (Å²) in [6, 6.07) is 17.4. The Morgan fingerprint density at radius 2 is 1.64 bits per heavy atom. The van der Waals surface area contributed by atoms with Gasteiger partial charge >= 0.3 is 6.03 Å². The maximum atomic E-state index is 14.0. The molecule has 2 amide bonds. The number of anilines is 1. The molecule has 8 heteroatoms. The van der Waals surface area contributed by atoms with Crippen molar-refractivity contribution in [2.45, 2.75) is 33.2 Å². The SMILES string of the molecule is CCc1ccc(C2NC(=O)N(c3cc(F)cc(F)c3)C(C)=C2c2nc(-c3ccc(C)cc3)no2)cc1. The van der Waals surface area contributed by atoms with Crippen LogP contribution in [0.4, 0.5) is 19.3 Å². The van der Waals surface area contributed by atoms with E-state index in [-0.39, 0.29) is 11.6 Å². The van der Waals surface area contributed by atoms with Gasteiger partial charge in [0, 0.05) is 17.3 Å². The molecule has 36 heavy (non-hydrogen) atoms. The highest BCUT2D eigenvalue weighted by Crippen LogP contribution is 2.39. The second-order valence-corrected chi connectivity index (χ2v) is 8.73. The molecular weight excluding hydrogens is 462 g/mol. The van der Waals surface area contributed by atoms with E-state index in [0.717, 1.165) is 46.9 Å². The number of aryl methyl sites for hydroxylation is 2. The minimum Gasteiger partial charge on any atom is -0.334 e. The lowest BCUT2D eigenvalue weighted by Crippen LogP contribution is -2.46. The Morgan fingerprint density at radius 3 is 2.28 bits per heavy atom. The number of rotatable bonds is 5. The molecule has 182 valence electrons. The van der Waals surface area contributed by atoms with Crippen LogP contribution in [0.5, 0.6) is 0 Å². The van der Waals surface area contributed by atoms with Crippen molar-refractivity contribution < 1.29 is 18.1 Å². The largest absolute Gasteiger partial charge is 0.334 e. The van der Waals surface area contributed by atoms with Crippen LogP contribution < -0.4 is 10.2 Å². The molecule has 1 N–H and O–H groups in total. The smallest absolute Gasteiger partial charge is 0.327 e. The lowest BCUT2D eigenvalue weighted by molar-refractivity contribution is 0.244. The Morgan fingerprint density at radius 1 is 0.972 bits per heavy atom. The van der Waals surface area contributed by atoms with Crippen molar-refractivity contribution in [2.75, 3.05) is 4.90 Å². The van der Waals surface area contributed by atoms with Gasteiger partial charge in [-0.2, -0.15) is 4.98 Å². The number of amides is 2. The quantitative estimate of drug-likeness (QED) is 0.346. The lowest BCUT2D eigenvalue weighted by Gasteiger charge is -2.35. The van der Waals surface area contributed by atoms with Crippen molar-refractivity contribution in [1.29, 1.82) is 0 Å². The Labute approximate surface area is 207 Å². The van der Waals surface area contributed by atoms with Crippen LogP contribution in [-0.2, 0) is 6.42 Å². The first-order valence-corrected chi connectivity index (χ1v) is 11.6. The maximum absolute atomic E-state index is 14.0. The summed E-state index contributed by atoms with van der Waals surface area (Å²) in [5, 5.41) is 7.10. The summed E-state index contributed by atoms with van der Waals surface area (Å²) in [6.45, 7) is 5.75. The zero-order valence-corrected chi connectivity index (χ0v) is 20.0. The van der Waals surface area contributed by atoms with Crippen molar-refractivity contribution >= 4 is 17.3 Å². The molecule has 1 aromatic heterocycles. The van der Waals surface area contributed by atoms with Crippen LogP contribution in [0.1, 0.15) is 42.5 Å². The van der Waals surface area contributed by atoms with Gasteiger partial charge < -0.3 is 9.84 Å². The molecule has 2 heterocycles. The number of carbonyl (C=O) groups is 1. The monoisotopic (exact) mass is 486 g/mol. The minimum absolute atomic E-state index is 0.0538. The third-order valence-corrected chi connectivity index (χ3v) is 6.28. The molecule has 1 aliphatic heterocycles. The molecule has 3 aromatic carbocycles. The van der Waals surface area contributed by atoms with Gasteiger partial charge in [0.25, 0.3) is 5.89 Å². The number of hydrogen-bond donors (Lipinski definition) is 1. The number of benzene rings is 3. The molecule has 6 nitrogen and oxygen atoms in total. The molecular formula is C28H24F2N4O2. The van der Waals surface area contributed by atoms with Gasteiger partial charge in [-0.15, -0.1) is 0 Å². The van der Waals surface area contributed by atoms with E-state index in [9.17, 15) is 13.6 Å². The van der Waals surface area contributed by atoms with Gasteiger partial charge in [-0.25, -0.2) is 13.6 Å². The number of allylic oxidation sites excluding steroid dienone is 1. The van der Waals surface area contributed by atoms with Crippen molar-refractivity contribution in [1.82, 2.24) is 15.5 Å². The molecule has 0 saturated carbocycles. The third kappa shape index (κ3) is 4.37. The van der Waals surface area contributed by atoms with E-state index >= 15 is 0 Å². The molecule has 0 fully saturated rings. The zero-order chi connectivity index (χ0) is 25.4. The van der Waals surface area contributed by atoms with Gasteiger partial charge in [-0.1, -0.05) is 66.2 Å². The number of nitrogens with one attached hydrogen (secondary N) is 1. The van der Waals surface area contributed by atoms with Gasteiger partial charge in [0.15, 0.2) is 0 Å². The van der Waals surface area contributed by atoms with Crippen LogP contribution in [-0.4, -0.2) is 16.2 Å². The Hall–Kier alpha value is -4.33. The molecule has 0 spiro atoms. The Balaban J connectivity index is 1.65. The predicted molar refractivity (Wildman–Crippen MR) is 133 cm³/mol. The summed E-state index contributed by atoms with van der Waals surface area (Å²) in [7, 11) is 0. The van der Waals surface area contributed by atoms with Crippen molar-refractivity contribution in [2.24, 2.45) is 0 Å². The second-order valence-electron chi connectivity index (χ2n) is 8.73. The van der Waals surface area contributed by atoms with E-state index in [1.54, 1.807) is 6.92 Å². The molecule has 0 radical (unpaired) electrons. The van der Waals surface area contributed by atoms with Crippen molar-refractivity contribution in [3.05, 3.63) is 107 Å². The van der Waals surface area contributed by atoms with E-state index in [2.05, 4.69) is 22.4 Å². The number of nitrogens with zero attached hydrogens (tertiary/aromatic N) is 3. The summed E-state index contributed by atoms with van der Waals surface area (Å²) < 4.78 is 33.7. The highest BCUT2D eigenvalue weighted by Gasteiger charge is 2.36. The van der Waals surface area contributed by atoms with Crippen LogP contribution in [0.3, 0.4) is 0 Å². The zero-order valence-electron chi connectivity index (χ0n) is 20.0. The number of urea groups is 1. The van der Waals surface area contributed by atoms with Crippen molar-refractivity contribution in [3.63, 3.8) is 0 Å². The Bertz CT molecular complexity index is 1440. The summed E-state index contributed by atoms with van der Waals surface area (Å²) >= 11 is 0. The molecule has 4 aromatic rings. The highest BCUT2D eigenvalue weighted by molar-refractivity contribution is 6.01. The summed E-state index contributed by atoms with van der Waals surface area (Å²) in [5.74, 6) is -0.979. The summed E-state index contributed by atoms with van der Waals surface area (Å²) in [6.07, 6.45) is 0.877. The molecule has 0 aliphatic carbocycles. The van der Waals surface area contributed by atoms with Crippen LogP contribution >= 0.6 is 0 Å². The third-order valence-electron chi connectivity index (χ3n) is 6.28. The van der Waals surface area contributed by atoms with Crippen LogP contribution in [0.25, 0.3) is 17.0 Å². The summed E-state index contributed by atoms with van der Waals surface area (Å²) in [4.78, 5) is 19.1. The fourth-order valence-corrected chi connectivity index (χ4v) is 4.35. The van der Waals surface area contributed by atoms with Gasteiger partial charge in [0.2, 0.25) is 5.82 Å². The number of carbonyl (C=O) groups excluding carboxylic acids is 1. The van der Waals surface area contributed by atoms with Gasteiger partial charge in [0.05, 0.1) is 17.3 Å². The standard InChI is InChI=1S/C28H24F2N4O2/c1-4-18-7-11-19(12-8-18)25-24(27-32-26(33-36-27)20-9-5-16(2)6-10-20)17(3)34(28(35)31-25)23-14-21(29)13-22(30)15-23/h5-15,25H,4H2,1-3H3,(H,31,35). The highest BCUT2D eigenvalue weighted by atomic mass is 19.1. The maximum Gasteiger partial charge on any atom is 0.327 e. The van der Waals surface area contributed by atoms with E-state index in [1.807, 2.05) is 55.5 Å². The van der Waals surface area contributed by atoms with E-state index < -0.39 is 23.7 Å². The Kier molecular flexibility index (Phi) is 6.10. The van der Waals surface area contributed by atoms with Crippen LogP contribution in [0.15, 0.2) is 77.0 Å². The van der Waals surface area contributed by atoms with E-state index in [0.29, 0.717) is 17.1 Å². The molecule has 5 rings (SSSR count). The van der Waals surface area contributed by atoms with Gasteiger partial charge in [-0.3, -0.25) is 4.90 Å². The number of halogens is 2. The molecule has 1 unspecified atom stereocenters.